The van der Waals surface area contributed by atoms with Gasteiger partial charge in [-0.05, 0) is 38.4 Å². The van der Waals surface area contributed by atoms with Gasteiger partial charge in [0.15, 0.2) is 0 Å². The monoisotopic (exact) mass is 299 g/mol. The molecule has 1 heterocycles. The predicted molar refractivity (Wildman–Crippen MR) is 85.1 cm³/mol. The second-order valence-corrected chi connectivity index (χ2v) is 7.59. The zero-order valence-electron chi connectivity index (χ0n) is 13.0. The van der Waals surface area contributed by atoms with Crippen molar-refractivity contribution in [3.05, 3.63) is 0 Å². The minimum Gasteiger partial charge on any atom is -0.465 e. The second kappa shape index (κ2) is 7.69. The van der Waals surface area contributed by atoms with E-state index in [1.54, 1.807) is 0 Å². The summed E-state index contributed by atoms with van der Waals surface area (Å²) in [4.78, 5) is 12.6. The highest BCUT2D eigenvalue weighted by atomic mass is 32.2. The summed E-state index contributed by atoms with van der Waals surface area (Å²) in [7, 11) is 0. The number of nitrogens with one attached hydrogen (secondary N) is 1. The Bertz CT molecular complexity index is 316. The van der Waals surface area contributed by atoms with Crippen molar-refractivity contribution < 1.29 is 9.53 Å². The van der Waals surface area contributed by atoms with E-state index in [9.17, 15) is 4.79 Å². The first kappa shape index (κ1) is 16.2. The van der Waals surface area contributed by atoms with E-state index in [-0.39, 0.29) is 5.97 Å². The fourth-order valence-corrected chi connectivity index (χ4v) is 4.75. The van der Waals surface area contributed by atoms with Crippen molar-refractivity contribution >= 4 is 17.7 Å². The summed E-state index contributed by atoms with van der Waals surface area (Å²) >= 11 is 1.91. The third kappa shape index (κ3) is 3.70. The molecule has 0 amide bonds. The molecule has 0 spiro atoms. The highest BCUT2D eigenvalue weighted by Gasteiger charge is 2.47. The lowest BCUT2D eigenvalue weighted by Gasteiger charge is -2.43. The van der Waals surface area contributed by atoms with E-state index >= 15 is 0 Å². The van der Waals surface area contributed by atoms with E-state index in [0.717, 1.165) is 18.6 Å². The van der Waals surface area contributed by atoms with E-state index in [1.165, 1.54) is 38.5 Å². The molecule has 2 rings (SSSR count). The lowest BCUT2D eigenvalue weighted by molar-refractivity contribution is -0.152. The number of rotatable bonds is 4. The number of thioether (sulfide) groups is 1. The Balaban J connectivity index is 2.10. The van der Waals surface area contributed by atoms with Crippen molar-refractivity contribution in [1.82, 2.24) is 5.32 Å². The van der Waals surface area contributed by atoms with Crippen molar-refractivity contribution in [2.45, 2.75) is 82.0 Å². The minimum atomic E-state index is -0.450. The molecule has 2 aliphatic rings. The highest BCUT2D eigenvalue weighted by molar-refractivity contribution is 8.00. The zero-order chi connectivity index (χ0) is 14.4. The van der Waals surface area contributed by atoms with Gasteiger partial charge in [-0.3, -0.25) is 10.1 Å². The molecular formula is C16H29NO2S. The first-order valence-electron chi connectivity index (χ1n) is 8.25. The summed E-state index contributed by atoms with van der Waals surface area (Å²) in [6.07, 6.45) is 9.71. The molecule has 1 saturated heterocycles. The van der Waals surface area contributed by atoms with Gasteiger partial charge < -0.3 is 4.74 Å². The molecule has 0 aromatic heterocycles. The Morgan fingerprint density at radius 1 is 1.25 bits per heavy atom. The SMILES string of the molecule is CCOC(=O)C1(NC2CCCCCC2)CCCSC1C. The third-order valence-electron chi connectivity index (χ3n) is 4.73. The topological polar surface area (TPSA) is 38.3 Å². The van der Waals surface area contributed by atoms with Gasteiger partial charge in [0, 0.05) is 11.3 Å². The molecule has 0 aromatic carbocycles. The van der Waals surface area contributed by atoms with Crippen LogP contribution < -0.4 is 5.32 Å². The Morgan fingerprint density at radius 2 is 1.95 bits per heavy atom. The van der Waals surface area contributed by atoms with Crippen LogP contribution in [0.15, 0.2) is 0 Å². The van der Waals surface area contributed by atoms with E-state index < -0.39 is 5.54 Å². The Morgan fingerprint density at radius 3 is 2.55 bits per heavy atom. The molecule has 0 bridgehead atoms. The van der Waals surface area contributed by atoms with Gasteiger partial charge in [-0.2, -0.15) is 11.8 Å². The molecule has 1 N–H and O–H groups in total. The van der Waals surface area contributed by atoms with Crippen LogP contribution in [0.2, 0.25) is 0 Å². The summed E-state index contributed by atoms with van der Waals surface area (Å²) in [6.45, 7) is 4.56. The fraction of sp³-hybridized carbons (Fsp3) is 0.938. The summed E-state index contributed by atoms with van der Waals surface area (Å²) in [5.74, 6) is 1.14. The first-order valence-corrected chi connectivity index (χ1v) is 9.30. The Labute approximate surface area is 127 Å². The maximum absolute atomic E-state index is 12.6. The molecule has 20 heavy (non-hydrogen) atoms. The van der Waals surface area contributed by atoms with Crippen molar-refractivity contribution in [3.8, 4) is 0 Å². The van der Waals surface area contributed by atoms with Crippen LogP contribution in [0, 0.1) is 0 Å². The van der Waals surface area contributed by atoms with Crippen LogP contribution in [0.1, 0.15) is 65.2 Å². The number of ether oxygens (including phenoxy) is 1. The molecule has 0 aromatic rings. The average Bonchev–Trinajstić information content (AvgIpc) is 2.70. The number of carbonyl (C=O) groups excluding carboxylic acids is 1. The van der Waals surface area contributed by atoms with E-state index in [4.69, 9.17) is 4.74 Å². The van der Waals surface area contributed by atoms with Crippen LogP contribution in [0.4, 0.5) is 0 Å². The summed E-state index contributed by atoms with van der Waals surface area (Å²) in [6, 6.07) is 0.489. The van der Waals surface area contributed by atoms with E-state index in [2.05, 4.69) is 12.2 Å². The molecule has 1 aliphatic heterocycles. The van der Waals surface area contributed by atoms with Gasteiger partial charge in [-0.1, -0.05) is 32.6 Å². The molecule has 2 unspecified atom stereocenters. The second-order valence-electron chi connectivity index (χ2n) is 6.14. The summed E-state index contributed by atoms with van der Waals surface area (Å²) in [5, 5.41) is 4.05. The van der Waals surface area contributed by atoms with E-state index in [1.807, 2.05) is 18.7 Å². The largest absolute Gasteiger partial charge is 0.465 e. The molecule has 1 saturated carbocycles. The quantitative estimate of drug-likeness (QED) is 0.637. The van der Waals surface area contributed by atoms with Crippen LogP contribution in [0.5, 0.6) is 0 Å². The molecule has 2 fully saturated rings. The fourth-order valence-electron chi connectivity index (χ4n) is 3.52. The van der Waals surface area contributed by atoms with Crippen LogP contribution in [-0.4, -0.2) is 35.2 Å². The molecule has 3 nitrogen and oxygen atoms in total. The van der Waals surface area contributed by atoms with Crippen molar-refractivity contribution in [2.75, 3.05) is 12.4 Å². The van der Waals surface area contributed by atoms with Crippen LogP contribution in [0.25, 0.3) is 0 Å². The molecule has 0 radical (unpaired) electrons. The van der Waals surface area contributed by atoms with Crippen molar-refractivity contribution in [1.29, 1.82) is 0 Å². The van der Waals surface area contributed by atoms with Crippen LogP contribution >= 0.6 is 11.8 Å². The van der Waals surface area contributed by atoms with E-state index in [0.29, 0.717) is 17.9 Å². The average molecular weight is 299 g/mol. The van der Waals surface area contributed by atoms with Gasteiger partial charge in [0.05, 0.1) is 6.61 Å². The van der Waals surface area contributed by atoms with Gasteiger partial charge >= 0.3 is 5.97 Å². The van der Waals surface area contributed by atoms with Crippen LogP contribution in [0.3, 0.4) is 0 Å². The summed E-state index contributed by atoms with van der Waals surface area (Å²) < 4.78 is 5.41. The van der Waals surface area contributed by atoms with Gasteiger partial charge in [0.1, 0.15) is 5.54 Å². The maximum Gasteiger partial charge on any atom is 0.327 e. The molecule has 2 atom stereocenters. The lowest BCUT2D eigenvalue weighted by Crippen LogP contribution is -2.63. The van der Waals surface area contributed by atoms with Gasteiger partial charge in [0.25, 0.3) is 0 Å². The Kier molecular flexibility index (Phi) is 6.21. The lowest BCUT2D eigenvalue weighted by atomic mass is 9.87. The van der Waals surface area contributed by atoms with Gasteiger partial charge in [0.2, 0.25) is 0 Å². The Hall–Kier alpha value is -0.220. The van der Waals surface area contributed by atoms with Gasteiger partial charge in [-0.15, -0.1) is 0 Å². The molecule has 4 heteroatoms. The molecule has 116 valence electrons. The highest BCUT2D eigenvalue weighted by Crippen LogP contribution is 2.36. The standard InChI is InChI=1S/C16H29NO2S/c1-3-19-15(18)16(11-8-12-20-13(16)2)17-14-9-6-4-5-7-10-14/h13-14,17H,3-12H2,1-2H3. The maximum atomic E-state index is 12.6. The van der Waals surface area contributed by atoms with Gasteiger partial charge in [-0.25, -0.2) is 0 Å². The first-order chi connectivity index (χ1) is 9.69. The van der Waals surface area contributed by atoms with Crippen molar-refractivity contribution in [2.24, 2.45) is 0 Å². The predicted octanol–water partition coefficient (Wildman–Crippen LogP) is 3.52. The van der Waals surface area contributed by atoms with Crippen molar-refractivity contribution in [3.63, 3.8) is 0 Å². The number of hydrogen-bond donors (Lipinski definition) is 1. The zero-order valence-corrected chi connectivity index (χ0v) is 13.8. The summed E-state index contributed by atoms with van der Waals surface area (Å²) in [5.41, 5.74) is -0.450. The number of hydrogen-bond acceptors (Lipinski definition) is 4. The third-order valence-corrected chi connectivity index (χ3v) is 6.16. The number of esters is 1. The minimum absolute atomic E-state index is 0.0241. The van der Waals surface area contributed by atoms with Crippen LogP contribution in [-0.2, 0) is 9.53 Å². The number of carbonyl (C=O) groups is 1. The normalized spacial score (nSPS) is 32.6. The smallest absolute Gasteiger partial charge is 0.327 e. The molecule has 1 aliphatic carbocycles. The molecular weight excluding hydrogens is 270 g/mol.